The molecule has 2 aromatic rings. The number of aromatic nitrogens is 1. The van der Waals surface area contributed by atoms with E-state index in [1.165, 1.54) is 0 Å². The van der Waals surface area contributed by atoms with E-state index in [1.807, 2.05) is 56.3 Å². The van der Waals surface area contributed by atoms with Crippen molar-refractivity contribution in [2.24, 2.45) is 21.7 Å². The Morgan fingerprint density at radius 2 is 1.90 bits per heavy atom. The number of nitrogens with zero attached hydrogens (tertiary/aromatic N) is 3. The van der Waals surface area contributed by atoms with Crippen molar-refractivity contribution in [1.82, 2.24) is 4.98 Å². The van der Waals surface area contributed by atoms with Crippen molar-refractivity contribution < 1.29 is 0 Å². The summed E-state index contributed by atoms with van der Waals surface area (Å²) in [4.78, 5) is 5.61. The highest BCUT2D eigenvalue weighted by Crippen LogP contribution is 2.29. The van der Waals surface area contributed by atoms with Gasteiger partial charge in [-0.05, 0) is 19.9 Å². The molecular formula is C15H17N5S. The van der Waals surface area contributed by atoms with Gasteiger partial charge < -0.3 is 11.5 Å². The summed E-state index contributed by atoms with van der Waals surface area (Å²) in [5.74, 6) is -0.0604. The van der Waals surface area contributed by atoms with Crippen molar-refractivity contribution in [3.8, 4) is 10.6 Å². The second-order valence-corrected chi connectivity index (χ2v) is 5.31. The number of rotatable bonds is 4. The van der Waals surface area contributed by atoms with E-state index < -0.39 is 0 Å². The summed E-state index contributed by atoms with van der Waals surface area (Å²) in [6.07, 6.45) is 3.90. The van der Waals surface area contributed by atoms with Gasteiger partial charge in [-0.2, -0.15) is 5.10 Å². The quantitative estimate of drug-likeness (QED) is 0.517. The van der Waals surface area contributed by atoms with Crippen molar-refractivity contribution in [3.63, 3.8) is 0 Å². The van der Waals surface area contributed by atoms with Gasteiger partial charge in [0.05, 0.1) is 16.3 Å². The first kappa shape index (κ1) is 14.9. The molecule has 0 radical (unpaired) electrons. The second kappa shape index (κ2) is 6.81. The normalized spacial score (nSPS) is 11.8. The number of hydrogen-bond donors (Lipinski definition) is 2. The van der Waals surface area contributed by atoms with E-state index in [-0.39, 0.29) is 5.96 Å². The van der Waals surface area contributed by atoms with Crippen LogP contribution in [0.2, 0.25) is 0 Å². The molecule has 4 N–H and O–H groups in total. The van der Waals surface area contributed by atoms with Crippen LogP contribution in [0.3, 0.4) is 0 Å². The first-order valence-corrected chi connectivity index (χ1v) is 7.26. The molecule has 0 atom stereocenters. The van der Waals surface area contributed by atoms with Crippen LogP contribution in [0.25, 0.3) is 16.6 Å². The van der Waals surface area contributed by atoms with Gasteiger partial charge in [-0.3, -0.25) is 0 Å². The maximum absolute atomic E-state index is 5.31. The van der Waals surface area contributed by atoms with E-state index >= 15 is 0 Å². The van der Waals surface area contributed by atoms with Crippen molar-refractivity contribution in [3.05, 3.63) is 47.0 Å². The predicted octanol–water partition coefficient (Wildman–Crippen LogP) is 2.84. The predicted molar refractivity (Wildman–Crippen MR) is 90.3 cm³/mol. The van der Waals surface area contributed by atoms with Gasteiger partial charge in [0, 0.05) is 5.56 Å². The van der Waals surface area contributed by atoms with Crippen LogP contribution < -0.4 is 11.5 Å². The molecule has 0 saturated carbocycles. The summed E-state index contributed by atoms with van der Waals surface area (Å²) in [6, 6.07) is 10.0. The molecule has 1 heterocycles. The summed E-state index contributed by atoms with van der Waals surface area (Å²) in [5.41, 5.74) is 13.3. The third kappa shape index (κ3) is 3.76. The highest BCUT2D eigenvalue weighted by atomic mass is 32.1. The molecule has 0 aliphatic heterocycles. The first-order valence-electron chi connectivity index (χ1n) is 6.44. The molecule has 0 bridgehead atoms. The summed E-state index contributed by atoms with van der Waals surface area (Å²) >= 11 is 1.57. The molecule has 1 aromatic carbocycles. The maximum Gasteiger partial charge on any atom is 0.211 e. The van der Waals surface area contributed by atoms with Gasteiger partial charge in [0.1, 0.15) is 5.01 Å². The Morgan fingerprint density at radius 3 is 2.52 bits per heavy atom. The maximum atomic E-state index is 5.31. The molecule has 108 valence electrons. The Morgan fingerprint density at radius 1 is 1.19 bits per heavy atom. The van der Waals surface area contributed by atoms with Gasteiger partial charge >= 0.3 is 0 Å². The lowest BCUT2D eigenvalue weighted by Gasteiger charge is -1.95. The molecule has 0 amide bonds. The number of hydrogen-bond acceptors (Lipinski definition) is 4. The van der Waals surface area contributed by atoms with Crippen LogP contribution in [0.15, 0.2) is 46.6 Å². The van der Waals surface area contributed by atoms with Gasteiger partial charge in [0.15, 0.2) is 0 Å². The average Bonchev–Trinajstić information content (AvgIpc) is 2.90. The molecule has 0 spiro atoms. The molecule has 0 aliphatic rings. The van der Waals surface area contributed by atoms with Crippen LogP contribution in [-0.2, 0) is 0 Å². The van der Waals surface area contributed by atoms with Gasteiger partial charge in [0.2, 0.25) is 5.96 Å². The standard InChI is InChI=1S/C15H17N5S/c1-3-7-12-13(10(2)19-20-15(16)17)21-14(18-12)11-8-5-4-6-9-11/h3-9H,1-2H3,(H4,16,17,20)/b7-3+,19-10+. The molecule has 2 rings (SSSR count). The lowest BCUT2D eigenvalue weighted by molar-refractivity contribution is 1.20. The van der Waals surface area contributed by atoms with Crippen LogP contribution in [0, 0.1) is 0 Å². The van der Waals surface area contributed by atoms with Crippen LogP contribution in [-0.4, -0.2) is 16.7 Å². The van der Waals surface area contributed by atoms with Crippen molar-refractivity contribution in [2.75, 3.05) is 0 Å². The number of allylic oxidation sites excluding steroid dienone is 1. The van der Waals surface area contributed by atoms with Crippen LogP contribution >= 0.6 is 11.3 Å². The van der Waals surface area contributed by atoms with E-state index in [0.29, 0.717) is 0 Å². The van der Waals surface area contributed by atoms with Crippen LogP contribution in [0.1, 0.15) is 24.4 Å². The molecule has 6 heteroatoms. The zero-order chi connectivity index (χ0) is 15.2. The third-order valence-electron chi connectivity index (χ3n) is 2.64. The Labute approximate surface area is 127 Å². The fourth-order valence-corrected chi connectivity index (χ4v) is 2.74. The van der Waals surface area contributed by atoms with Crippen molar-refractivity contribution in [2.45, 2.75) is 13.8 Å². The minimum atomic E-state index is -0.0604. The van der Waals surface area contributed by atoms with E-state index in [2.05, 4.69) is 15.2 Å². The summed E-state index contributed by atoms with van der Waals surface area (Å²) in [5, 5.41) is 8.68. The number of nitrogens with two attached hydrogens (primary N) is 2. The summed E-state index contributed by atoms with van der Waals surface area (Å²) in [6.45, 7) is 3.82. The molecule has 0 aliphatic carbocycles. The molecular weight excluding hydrogens is 282 g/mol. The topological polar surface area (TPSA) is 89.6 Å². The van der Waals surface area contributed by atoms with Gasteiger partial charge in [-0.15, -0.1) is 16.4 Å². The highest BCUT2D eigenvalue weighted by molar-refractivity contribution is 7.17. The third-order valence-corrected chi connectivity index (χ3v) is 3.87. The number of guanidine groups is 1. The second-order valence-electron chi connectivity index (χ2n) is 4.31. The van der Waals surface area contributed by atoms with Crippen molar-refractivity contribution >= 4 is 29.1 Å². The molecule has 0 fully saturated rings. The Hall–Kier alpha value is -2.47. The average molecular weight is 299 g/mol. The van der Waals surface area contributed by atoms with E-state index in [9.17, 15) is 0 Å². The molecule has 0 saturated heterocycles. The van der Waals surface area contributed by atoms with Gasteiger partial charge in [-0.25, -0.2) is 4.98 Å². The zero-order valence-electron chi connectivity index (χ0n) is 11.9. The smallest absolute Gasteiger partial charge is 0.211 e. The SMILES string of the molecule is C/C=C/c1nc(-c2ccccc2)sc1/C(C)=N/N=C(N)N. The molecule has 21 heavy (non-hydrogen) atoms. The lowest BCUT2D eigenvalue weighted by atomic mass is 10.2. The monoisotopic (exact) mass is 299 g/mol. The minimum Gasteiger partial charge on any atom is -0.369 e. The Balaban J connectivity index is 2.48. The van der Waals surface area contributed by atoms with E-state index in [4.69, 9.17) is 11.5 Å². The number of benzene rings is 1. The number of thiazole rings is 1. The fraction of sp³-hybridized carbons (Fsp3) is 0.133. The van der Waals surface area contributed by atoms with Gasteiger partial charge in [0.25, 0.3) is 0 Å². The summed E-state index contributed by atoms with van der Waals surface area (Å²) in [7, 11) is 0. The van der Waals surface area contributed by atoms with E-state index in [1.54, 1.807) is 11.3 Å². The highest BCUT2D eigenvalue weighted by Gasteiger charge is 2.13. The molecule has 1 aromatic heterocycles. The van der Waals surface area contributed by atoms with Crippen LogP contribution in [0.5, 0.6) is 0 Å². The Kier molecular flexibility index (Phi) is 4.84. The fourth-order valence-electron chi connectivity index (χ4n) is 1.74. The first-order chi connectivity index (χ1) is 10.1. The Bertz CT molecular complexity index is 694. The van der Waals surface area contributed by atoms with Crippen molar-refractivity contribution in [1.29, 1.82) is 0 Å². The minimum absolute atomic E-state index is 0.0604. The lowest BCUT2D eigenvalue weighted by Crippen LogP contribution is -2.22. The molecule has 5 nitrogen and oxygen atoms in total. The van der Waals surface area contributed by atoms with Crippen LogP contribution in [0.4, 0.5) is 0 Å². The van der Waals surface area contributed by atoms with Gasteiger partial charge in [-0.1, -0.05) is 36.4 Å². The molecule has 0 unspecified atom stereocenters. The largest absolute Gasteiger partial charge is 0.369 e. The summed E-state index contributed by atoms with van der Waals surface area (Å²) < 4.78 is 0. The van der Waals surface area contributed by atoms with E-state index in [0.717, 1.165) is 26.9 Å². The zero-order valence-corrected chi connectivity index (χ0v) is 12.8.